The minimum atomic E-state index is -0.386. The highest BCUT2D eigenvalue weighted by Crippen LogP contribution is 2.17. The predicted molar refractivity (Wildman–Crippen MR) is 79.9 cm³/mol. The molecule has 106 valence electrons. The van der Waals surface area contributed by atoms with E-state index >= 15 is 0 Å². The van der Waals surface area contributed by atoms with Crippen molar-refractivity contribution in [2.45, 2.75) is 12.5 Å². The summed E-state index contributed by atoms with van der Waals surface area (Å²) in [6.07, 6.45) is 0.678. The molecule has 0 aromatic heterocycles. The number of benzene rings is 2. The molecule has 4 heteroatoms. The third-order valence-corrected chi connectivity index (χ3v) is 3.38. The van der Waals surface area contributed by atoms with Crippen LogP contribution in [0.2, 0.25) is 5.02 Å². The Kier molecular flexibility index (Phi) is 5.39. The fourth-order valence-corrected chi connectivity index (χ4v) is 2.03. The summed E-state index contributed by atoms with van der Waals surface area (Å²) in [7, 11) is 1.87. The van der Waals surface area contributed by atoms with Crippen molar-refractivity contribution in [3.63, 3.8) is 0 Å². The molecule has 0 saturated heterocycles. The maximum atomic E-state index is 13.4. The Morgan fingerprint density at radius 3 is 2.60 bits per heavy atom. The molecule has 0 aliphatic rings. The van der Waals surface area contributed by atoms with Crippen molar-refractivity contribution in [2.75, 3.05) is 13.7 Å². The van der Waals surface area contributed by atoms with Gasteiger partial charge in [0.2, 0.25) is 0 Å². The van der Waals surface area contributed by atoms with Gasteiger partial charge in [-0.05, 0) is 43.3 Å². The molecule has 1 atom stereocenters. The number of rotatable bonds is 6. The lowest BCUT2D eigenvalue weighted by Gasteiger charge is -2.17. The normalized spacial score (nSPS) is 12.2. The van der Waals surface area contributed by atoms with Crippen LogP contribution < -0.4 is 10.1 Å². The number of halogens is 2. The Hall–Kier alpha value is -1.58. The predicted octanol–water partition coefficient (Wildman–Crippen LogP) is 3.69. The molecule has 1 N–H and O–H groups in total. The lowest BCUT2D eigenvalue weighted by molar-refractivity contribution is 0.269. The molecule has 2 rings (SSSR count). The van der Waals surface area contributed by atoms with E-state index in [1.807, 2.05) is 43.4 Å². The molecule has 0 spiro atoms. The largest absolute Gasteiger partial charge is 0.492 e. The zero-order valence-corrected chi connectivity index (χ0v) is 12.0. The summed E-state index contributed by atoms with van der Waals surface area (Å²) in [6.45, 7) is 0.519. The summed E-state index contributed by atoms with van der Waals surface area (Å²) in [6, 6.07) is 14.6. The monoisotopic (exact) mass is 293 g/mol. The van der Waals surface area contributed by atoms with Crippen LogP contribution in [0.25, 0.3) is 0 Å². The number of likely N-dealkylation sites (N-methyl/N-ethyl adjacent to an activating group) is 1. The molecule has 20 heavy (non-hydrogen) atoms. The van der Waals surface area contributed by atoms with Crippen molar-refractivity contribution in [3.8, 4) is 5.75 Å². The molecule has 0 aliphatic carbocycles. The molecule has 2 aromatic carbocycles. The third kappa shape index (κ3) is 4.22. The SMILES string of the molecule is CNC(COc1ccccc1)Cc1ccc(Cl)c(F)c1. The summed E-state index contributed by atoms with van der Waals surface area (Å²) in [4.78, 5) is 0. The number of ether oxygens (including phenoxy) is 1. The van der Waals surface area contributed by atoms with Crippen molar-refractivity contribution in [1.29, 1.82) is 0 Å². The molecule has 0 amide bonds. The van der Waals surface area contributed by atoms with E-state index in [0.717, 1.165) is 11.3 Å². The minimum absolute atomic E-state index is 0.107. The molecule has 2 aromatic rings. The lowest BCUT2D eigenvalue weighted by atomic mass is 10.1. The fourth-order valence-electron chi connectivity index (χ4n) is 1.91. The first-order chi connectivity index (χ1) is 9.69. The molecular formula is C16H17ClFNO. The topological polar surface area (TPSA) is 21.3 Å². The van der Waals surface area contributed by atoms with Crippen molar-refractivity contribution in [2.24, 2.45) is 0 Å². The highest BCUT2D eigenvalue weighted by molar-refractivity contribution is 6.30. The fraction of sp³-hybridized carbons (Fsp3) is 0.250. The summed E-state index contributed by atoms with van der Waals surface area (Å²) in [5.41, 5.74) is 0.892. The van der Waals surface area contributed by atoms with Crippen LogP contribution in [-0.2, 0) is 6.42 Å². The smallest absolute Gasteiger partial charge is 0.142 e. The molecule has 1 unspecified atom stereocenters. The zero-order valence-electron chi connectivity index (χ0n) is 11.3. The van der Waals surface area contributed by atoms with Gasteiger partial charge in [-0.2, -0.15) is 0 Å². The van der Waals surface area contributed by atoms with E-state index in [0.29, 0.717) is 13.0 Å². The second-order valence-corrected chi connectivity index (χ2v) is 4.97. The Bertz CT molecular complexity index is 547. The van der Waals surface area contributed by atoms with Gasteiger partial charge >= 0.3 is 0 Å². The molecular weight excluding hydrogens is 277 g/mol. The van der Waals surface area contributed by atoms with E-state index in [9.17, 15) is 4.39 Å². The van der Waals surface area contributed by atoms with E-state index in [2.05, 4.69) is 5.32 Å². The van der Waals surface area contributed by atoms with Crippen LogP contribution >= 0.6 is 11.6 Å². The number of hydrogen-bond donors (Lipinski definition) is 1. The molecule has 0 heterocycles. The molecule has 0 fully saturated rings. The number of nitrogens with one attached hydrogen (secondary N) is 1. The average Bonchev–Trinajstić information content (AvgIpc) is 2.48. The van der Waals surface area contributed by atoms with E-state index < -0.39 is 0 Å². The van der Waals surface area contributed by atoms with Crippen molar-refractivity contribution < 1.29 is 9.13 Å². The van der Waals surface area contributed by atoms with Gasteiger partial charge < -0.3 is 10.1 Å². The summed E-state index contributed by atoms with van der Waals surface area (Å²) in [5.74, 6) is 0.443. The highest BCUT2D eigenvalue weighted by atomic mass is 35.5. The van der Waals surface area contributed by atoms with Crippen LogP contribution in [0.15, 0.2) is 48.5 Å². The van der Waals surface area contributed by atoms with Gasteiger partial charge in [-0.25, -0.2) is 4.39 Å². The highest BCUT2D eigenvalue weighted by Gasteiger charge is 2.10. The van der Waals surface area contributed by atoms with Crippen molar-refractivity contribution in [3.05, 3.63) is 64.9 Å². The maximum absolute atomic E-state index is 13.4. The maximum Gasteiger partial charge on any atom is 0.142 e. The first kappa shape index (κ1) is 14.8. The first-order valence-corrected chi connectivity index (χ1v) is 6.86. The Morgan fingerprint density at radius 2 is 1.95 bits per heavy atom. The van der Waals surface area contributed by atoms with Gasteiger partial charge in [0.1, 0.15) is 18.2 Å². The van der Waals surface area contributed by atoms with Gasteiger partial charge in [0.15, 0.2) is 0 Å². The third-order valence-electron chi connectivity index (χ3n) is 3.07. The molecule has 0 aliphatic heterocycles. The van der Waals surface area contributed by atoms with E-state index in [1.165, 1.54) is 6.07 Å². The standard InChI is InChI=1S/C16H17ClFNO/c1-19-13(11-20-14-5-3-2-4-6-14)9-12-7-8-15(17)16(18)10-12/h2-8,10,13,19H,9,11H2,1H3. The quantitative estimate of drug-likeness (QED) is 0.877. The number of para-hydroxylation sites is 1. The van der Waals surface area contributed by atoms with Crippen LogP contribution in [0.1, 0.15) is 5.56 Å². The van der Waals surface area contributed by atoms with Crippen LogP contribution in [-0.4, -0.2) is 19.7 Å². The second kappa shape index (κ2) is 7.27. The Balaban J connectivity index is 1.93. The zero-order chi connectivity index (χ0) is 14.4. The van der Waals surface area contributed by atoms with Crippen LogP contribution in [0, 0.1) is 5.82 Å². The van der Waals surface area contributed by atoms with Crippen LogP contribution in [0.4, 0.5) is 4.39 Å². The van der Waals surface area contributed by atoms with Gasteiger partial charge in [-0.1, -0.05) is 35.9 Å². The van der Waals surface area contributed by atoms with Gasteiger partial charge in [0.25, 0.3) is 0 Å². The van der Waals surface area contributed by atoms with E-state index in [-0.39, 0.29) is 16.9 Å². The first-order valence-electron chi connectivity index (χ1n) is 6.48. The summed E-state index contributed by atoms with van der Waals surface area (Å²) in [5, 5.41) is 3.32. The molecule has 0 radical (unpaired) electrons. The molecule has 2 nitrogen and oxygen atoms in total. The lowest BCUT2D eigenvalue weighted by Crippen LogP contribution is -2.33. The Morgan fingerprint density at radius 1 is 1.20 bits per heavy atom. The average molecular weight is 294 g/mol. The van der Waals surface area contributed by atoms with E-state index in [1.54, 1.807) is 6.07 Å². The van der Waals surface area contributed by atoms with Crippen LogP contribution in [0.5, 0.6) is 5.75 Å². The summed E-state index contributed by atoms with van der Waals surface area (Å²) >= 11 is 5.68. The van der Waals surface area contributed by atoms with Crippen LogP contribution in [0.3, 0.4) is 0 Å². The second-order valence-electron chi connectivity index (χ2n) is 4.56. The summed E-state index contributed by atoms with van der Waals surface area (Å²) < 4.78 is 19.1. The number of hydrogen-bond acceptors (Lipinski definition) is 2. The van der Waals surface area contributed by atoms with E-state index in [4.69, 9.17) is 16.3 Å². The molecule has 0 bridgehead atoms. The van der Waals surface area contributed by atoms with Crippen molar-refractivity contribution >= 4 is 11.6 Å². The van der Waals surface area contributed by atoms with Crippen molar-refractivity contribution in [1.82, 2.24) is 5.32 Å². The van der Waals surface area contributed by atoms with Gasteiger partial charge in [0.05, 0.1) is 5.02 Å². The minimum Gasteiger partial charge on any atom is -0.492 e. The van der Waals surface area contributed by atoms with Gasteiger partial charge in [-0.15, -0.1) is 0 Å². The molecule has 0 saturated carbocycles. The Labute approximate surface area is 123 Å². The van der Waals surface area contributed by atoms with Gasteiger partial charge in [0, 0.05) is 6.04 Å². The van der Waals surface area contributed by atoms with Gasteiger partial charge in [-0.3, -0.25) is 0 Å².